The zero-order valence-electron chi connectivity index (χ0n) is 13.1. The summed E-state index contributed by atoms with van der Waals surface area (Å²) in [4.78, 5) is 25.1. The molecule has 2 atom stereocenters. The summed E-state index contributed by atoms with van der Waals surface area (Å²) in [7, 11) is 0. The molecule has 2 amide bonds. The first-order valence-corrected chi connectivity index (χ1v) is 7.47. The summed E-state index contributed by atoms with van der Waals surface area (Å²) >= 11 is 0. The molecule has 0 bridgehead atoms. The second-order valence-corrected chi connectivity index (χ2v) is 5.86. The zero-order chi connectivity index (χ0) is 15.8. The van der Waals surface area contributed by atoms with Crippen LogP contribution < -0.4 is 10.6 Å². The van der Waals surface area contributed by atoms with Crippen molar-refractivity contribution in [1.82, 2.24) is 15.5 Å². The predicted octanol–water partition coefficient (Wildman–Crippen LogP) is 0.363. The molecule has 1 aliphatic heterocycles. The second kappa shape index (κ2) is 8.84. The summed E-state index contributed by atoms with van der Waals surface area (Å²) in [6, 6.07) is -0.312. The lowest BCUT2D eigenvalue weighted by Gasteiger charge is -2.29. The first kappa shape index (κ1) is 17.7. The molecule has 1 rings (SSSR count). The monoisotopic (exact) mass is 301 g/mol. The van der Waals surface area contributed by atoms with Crippen molar-refractivity contribution in [2.24, 2.45) is 11.8 Å². The second-order valence-electron chi connectivity index (χ2n) is 5.86. The van der Waals surface area contributed by atoms with Gasteiger partial charge in [-0.3, -0.25) is 9.69 Å². The first-order chi connectivity index (χ1) is 9.90. The highest BCUT2D eigenvalue weighted by molar-refractivity contribution is 5.76. The van der Waals surface area contributed by atoms with E-state index in [1.807, 2.05) is 20.8 Å². The standard InChI is InChI=1S/C14H27N3O4/c1-10(2)12(13(18)19)8-15-14(20)16-11(3)9-17-4-6-21-7-5-17/h10-12H,4-9H2,1-3H3,(H,18,19)(H2,15,16,20). The molecule has 21 heavy (non-hydrogen) atoms. The van der Waals surface area contributed by atoms with Crippen molar-refractivity contribution >= 4 is 12.0 Å². The fraction of sp³-hybridized carbons (Fsp3) is 0.857. The summed E-state index contributed by atoms with van der Waals surface area (Å²) in [6.07, 6.45) is 0. The molecule has 1 heterocycles. The highest BCUT2D eigenvalue weighted by atomic mass is 16.5. The summed E-state index contributed by atoms with van der Waals surface area (Å²) in [5.74, 6) is -1.47. The van der Waals surface area contributed by atoms with Crippen molar-refractivity contribution in [1.29, 1.82) is 0 Å². The fourth-order valence-corrected chi connectivity index (χ4v) is 2.30. The third-order valence-electron chi connectivity index (χ3n) is 3.62. The smallest absolute Gasteiger partial charge is 0.315 e. The summed E-state index contributed by atoms with van der Waals surface area (Å²) < 4.78 is 5.28. The van der Waals surface area contributed by atoms with Gasteiger partial charge in [0.25, 0.3) is 0 Å². The third-order valence-corrected chi connectivity index (χ3v) is 3.62. The van der Waals surface area contributed by atoms with Gasteiger partial charge in [-0.25, -0.2) is 4.79 Å². The maximum atomic E-state index is 11.8. The van der Waals surface area contributed by atoms with Crippen molar-refractivity contribution in [2.45, 2.75) is 26.8 Å². The number of carbonyl (C=O) groups is 2. The number of nitrogens with one attached hydrogen (secondary N) is 2. The van der Waals surface area contributed by atoms with Crippen LogP contribution >= 0.6 is 0 Å². The van der Waals surface area contributed by atoms with Gasteiger partial charge in [-0.05, 0) is 12.8 Å². The Kier molecular flexibility index (Phi) is 7.45. The number of ether oxygens (including phenoxy) is 1. The summed E-state index contributed by atoms with van der Waals surface area (Å²) in [5.41, 5.74) is 0. The number of carbonyl (C=O) groups excluding carboxylic acids is 1. The molecule has 0 aliphatic carbocycles. The molecule has 0 spiro atoms. The maximum Gasteiger partial charge on any atom is 0.315 e. The van der Waals surface area contributed by atoms with E-state index in [2.05, 4.69) is 15.5 Å². The highest BCUT2D eigenvalue weighted by Crippen LogP contribution is 2.09. The van der Waals surface area contributed by atoms with Crippen LogP contribution in [0.4, 0.5) is 4.79 Å². The Balaban J connectivity index is 2.27. The van der Waals surface area contributed by atoms with Crippen LogP contribution in [0.15, 0.2) is 0 Å². The van der Waals surface area contributed by atoms with Crippen LogP contribution in [0.1, 0.15) is 20.8 Å². The molecule has 1 aliphatic rings. The van der Waals surface area contributed by atoms with Gasteiger partial charge in [0.1, 0.15) is 0 Å². The molecule has 1 saturated heterocycles. The average molecular weight is 301 g/mol. The lowest BCUT2D eigenvalue weighted by atomic mass is 9.96. The van der Waals surface area contributed by atoms with Crippen LogP contribution in [0.3, 0.4) is 0 Å². The van der Waals surface area contributed by atoms with E-state index in [9.17, 15) is 9.59 Å². The molecule has 1 fully saturated rings. The molecular formula is C14H27N3O4. The van der Waals surface area contributed by atoms with Crippen LogP contribution in [-0.2, 0) is 9.53 Å². The Hall–Kier alpha value is -1.34. The number of urea groups is 1. The van der Waals surface area contributed by atoms with Crippen LogP contribution in [0.2, 0.25) is 0 Å². The third kappa shape index (κ3) is 6.77. The quantitative estimate of drug-likeness (QED) is 0.632. The molecule has 0 saturated carbocycles. The van der Waals surface area contributed by atoms with Gasteiger partial charge in [-0.2, -0.15) is 0 Å². The predicted molar refractivity (Wildman–Crippen MR) is 79.2 cm³/mol. The van der Waals surface area contributed by atoms with Crippen LogP contribution in [0.5, 0.6) is 0 Å². The molecular weight excluding hydrogens is 274 g/mol. The van der Waals surface area contributed by atoms with E-state index in [1.54, 1.807) is 0 Å². The van der Waals surface area contributed by atoms with Crippen LogP contribution in [-0.4, -0.2) is 67.4 Å². The van der Waals surface area contributed by atoms with Gasteiger partial charge in [0.15, 0.2) is 0 Å². The average Bonchev–Trinajstić information content (AvgIpc) is 2.38. The fourth-order valence-electron chi connectivity index (χ4n) is 2.30. The number of nitrogens with zero attached hydrogens (tertiary/aromatic N) is 1. The van der Waals surface area contributed by atoms with Gasteiger partial charge >= 0.3 is 12.0 Å². The van der Waals surface area contributed by atoms with Gasteiger partial charge in [0.05, 0.1) is 19.1 Å². The van der Waals surface area contributed by atoms with Crippen LogP contribution in [0, 0.1) is 11.8 Å². The first-order valence-electron chi connectivity index (χ1n) is 7.47. The number of amides is 2. The van der Waals surface area contributed by atoms with E-state index < -0.39 is 11.9 Å². The molecule has 0 aromatic heterocycles. The van der Waals surface area contributed by atoms with Gasteiger partial charge in [0.2, 0.25) is 0 Å². The van der Waals surface area contributed by atoms with E-state index in [4.69, 9.17) is 9.84 Å². The van der Waals surface area contributed by atoms with Crippen molar-refractivity contribution in [2.75, 3.05) is 39.4 Å². The number of rotatable bonds is 7. The minimum Gasteiger partial charge on any atom is -0.481 e. The number of carboxylic acids is 1. The summed E-state index contributed by atoms with van der Waals surface area (Å²) in [6.45, 7) is 9.72. The Labute approximate surface area is 126 Å². The number of hydrogen-bond acceptors (Lipinski definition) is 4. The Morgan fingerprint density at radius 2 is 1.86 bits per heavy atom. The van der Waals surface area contributed by atoms with Gasteiger partial charge in [0, 0.05) is 32.2 Å². The van der Waals surface area contributed by atoms with Crippen molar-refractivity contribution in [3.05, 3.63) is 0 Å². The maximum absolute atomic E-state index is 11.8. The normalized spacial score (nSPS) is 19.0. The largest absolute Gasteiger partial charge is 0.481 e. The number of carboxylic acid groups (broad SMARTS) is 1. The van der Waals surface area contributed by atoms with E-state index >= 15 is 0 Å². The molecule has 2 unspecified atom stereocenters. The van der Waals surface area contributed by atoms with Crippen molar-refractivity contribution in [3.63, 3.8) is 0 Å². The summed E-state index contributed by atoms with van der Waals surface area (Å²) in [5, 5.41) is 14.5. The zero-order valence-corrected chi connectivity index (χ0v) is 13.1. The van der Waals surface area contributed by atoms with E-state index in [1.165, 1.54) is 0 Å². The Morgan fingerprint density at radius 1 is 1.24 bits per heavy atom. The van der Waals surface area contributed by atoms with E-state index in [0.717, 1.165) is 32.8 Å². The Bertz CT molecular complexity index is 343. The van der Waals surface area contributed by atoms with Gasteiger partial charge in [-0.1, -0.05) is 13.8 Å². The molecule has 0 aromatic carbocycles. The number of aliphatic carboxylic acids is 1. The van der Waals surface area contributed by atoms with E-state index in [0.29, 0.717) is 0 Å². The van der Waals surface area contributed by atoms with Gasteiger partial charge < -0.3 is 20.5 Å². The highest BCUT2D eigenvalue weighted by Gasteiger charge is 2.22. The molecule has 0 radical (unpaired) electrons. The van der Waals surface area contributed by atoms with Gasteiger partial charge in [-0.15, -0.1) is 0 Å². The lowest BCUT2D eigenvalue weighted by molar-refractivity contribution is -0.142. The van der Waals surface area contributed by atoms with Crippen LogP contribution in [0.25, 0.3) is 0 Å². The minimum atomic E-state index is -0.883. The molecule has 7 nitrogen and oxygen atoms in total. The molecule has 7 heteroatoms. The van der Waals surface area contributed by atoms with E-state index in [-0.39, 0.29) is 24.5 Å². The van der Waals surface area contributed by atoms with Crippen molar-refractivity contribution in [3.8, 4) is 0 Å². The molecule has 0 aromatic rings. The minimum absolute atomic E-state index is 0.00503. The van der Waals surface area contributed by atoms with Crippen molar-refractivity contribution < 1.29 is 19.4 Å². The number of hydrogen-bond donors (Lipinski definition) is 3. The lowest BCUT2D eigenvalue weighted by Crippen LogP contribution is -2.49. The SMILES string of the molecule is CC(CN1CCOCC1)NC(=O)NCC(C(=O)O)C(C)C. The number of morpholine rings is 1. The Morgan fingerprint density at radius 3 is 2.38 bits per heavy atom. The molecule has 122 valence electrons. The molecule has 3 N–H and O–H groups in total. The topological polar surface area (TPSA) is 90.9 Å².